The molecule has 2 N–H and O–H groups in total. The standard InChI is InChI=1S/C16H23N3/c1-3-5-15(4-2)17-12-13-6-8-14(9-7-13)16-10-11-18-19-16/h6-11,15,17H,3-5,12H2,1-2H3,(H,18,19). The second-order valence-electron chi connectivity index (χ2n) is 4.94. The first-order valence-corrected chi connectivity index (χ1v) is 7.15. The maximum atomic E-state index is 3.97. The van der Waals surface area contributed by atoms with Crippen LogP contribution in [0.3, 0.4) is 0 Å². The average molecular weight is 257 g/mol. The number of hydrogen-bond acceptors (Lipinski definition) is 2. The summed E-state index contributed by atoms with van der Waals surface area (Å²) in [7, 11) is 0. The van der Waals surface area contributed by atoms with Crippen LogP contribution in [0.25, 0.3) is 11.3 Å². The highest BCUT2D eigenvalue weighted by Crippen LogP contribution is 2.16. The summed E-state index contributed by atoms with van der Waals surface area (Å²) < 4.78 is 0. The maximum absolute atomic E-state index is 3.97. The van der Waals surface area contributed by atoms with Crippen LogP contribution in [-0.4, -0.2) is 16.2 Å². The number of H-pyrrole nitrogens is 1. The van der Waals surface area contributed by atoms with E-state index in [1.807, 2.05) is 6.07 Å². The monoisotopic (exact) mass is 257 g/mol. The van der Waals surface area contributed by atoms with Gasteiger partial charge >= 0.3 is 0 Å². The molecule has 0 aliphatic rings. The predicted molar refractivity (Wildman–Crippen MR) is 79.9 cm³/mol. The maximum Gasteiger partial charge on any atom is 0.0650 e. The zero-order chi connectivity index (χ0) is 13.5. The van der Waals surface area contributed by atoms with Gasteiger partial charge in [-0.15, -0.1) is 0 Å². The van der Waals surface area contributed by atoms with Crippen LogP contribution < -0.4 is 5.32 Å². The third kappa shape index (κ3) is 3.93. The lowest BCUT2D eigenvalue weighted by Gasteiger charge is -2.16. The molecule has 102 valence electrons. The Bertz CT molecular complexity index is 459. The summed E-state index contributed by atoms with van der Waals surface area (Å²) in [5.41, 5.74) is 3.58. The molecule has 1 heterocycles. The zero-order valence-electron chi connectivity index (χ0n) is 11.8. The predicted octanol–water partition coefficient (Wildman–Crippen LogP) is 3.75. The van der Waals surface area contributed by atoms with Crippen molar-refractivity contribution in [3.8, 4) is 11.3 Å². The minimum atomic E-state index is 0.636. The van der Waals surface area contributed by atoms with E-state index in [2.05, 4.69) is 53.6 Å². The van der Waals surface area contributed by atoms with E-state index in [1.54, 1.807) is 6.20 Å². The molecule has 0 bridgehead atoms. The van der Waals surface area contributed by atoms with Gasteiger partial charge in [0.25, 0.3) is 0 Å². The lowest BCUT2D eigenvalue weighted by atomic mass is 10.1. The topological polar surface area (TPSA) is 40.7 Å². The average Bonchev–Trinajstić information content (AvgIpc) is 2.98. The summed E-state index contributed by atoms with van der Waals surface area (Å²) in [4.78, 5) is 0. The number of nitrogens with one attached hydrogen (secondary N) is 2. The number of hydrogen-bond donors (Lipinski definition) is 2. The van der Waals surface area contributed by atoms with E-state index in [9.17, 15) is 0 Å². The van der Waals surface area contributed by atoms with E-state index in [0.717, 1.165) is 12.2 Å². The minimum Gasteiger partial charge on any atom is -0.310 e. The molecule has 0 radical (unpaired) electrons. The van der Waals surface area contributed by atoms with Crippen LogP contribution >= 0.6 is 0 Å². The highest BCUT2D eigenvalue weighted by molar-refractivity contribution is 5.58. The number of aromatic nitrogens is 2. The van der Waals surface area contributed by atoms with Crippen molar-refractivity contribution in [2.45, 2.75) is 45.7 Å². The lowest BCUT2D eigenvalue weighted by molar-refractivity contribution is 0.462. The summed E-state index contributed by atoms with van der Waals surface area (Å²) in [6, 6.07) is 11.3. The van der Waals surface area contributed by atoms with E-state index in [4.69, 9.17) is 0 Å². The molecule has 3 nitrogen and oxygen atoms in total. The summed E-state index contributed by atoms with van der Waals surface area (Å²) in [6.45, 7) is 5.43. The molecular formula is C16H23N3. The number of rotatable bonds is 7. The first kappa shape index (κ1) is 13.8. The van der Waals surface area contributed by atoms with Gasteiger partial charge in [0, 0.05) is 18.8 Å². The van der Waals surface area contributed by atoms with Crippen molar-refractivity contribution in [2.75, 3.05) is 0 Å². The van der Waals surface area contributed by atoms with Gasteiger partial charge in [0.05, 0.1) is 5.69 Å². The van der Waals surface area contributed by atoms with E-state index in [0.29, 0.717) is 6.04 Å². The van der Waals surface area contributed by atoms with Crippen LogP contribution in [0.1, 0.15) is 38.7 Å². The molecule has 0 fully saturated rings. The Morgan fingerprint density at radius 2 is 1.95 bits per heavy atom. The minimum absolute atomic E-state index is 0.636. The molecule has 0 spiro atoms. The van der Waals surface area contributed by atoms with Crippen LogP contribution in [-0.2, 0) is 6.54 Å². The number of nitrogens with zero attached hydrogens (tertiary/aromatic N) is 1. The van der Waals surface area contributed by atoms with Gasteiger partial charge in [-0.25, -0.2) is 0 Å². The van der Waals surface area contributed by atoms with Gasteiger partial charge in [-0.05, 0) is 30.0 Å². The second-order valence-corrected chi connectivity index (χ2v) is 4.94. The molecule has 0 amide bonds. The van der Waals surface area contributed by atoms with Crippen molar-refractivity contribution >= 4 is 0 Å². The van der Waals surface area contributed by atoms with E-state index >= 15 is 0 Å². The molecule has 1 aromatic carbocycles. The molecule has 2 rings (SSSR count). The highest BCUT2D eigenvalue weighted by atomic mass is 15.1. The number of aromatic amines is 1. The van der Waals surface area contributed by atoms with Crippen LogP contribution in [0.2, 0.25) is 0 Å². The first-order valence-electron chi connectivity index (χ1n) is 7.15. The second kappa shape index (κ2) is 7.10. The molecule has 1 unspecified atom stereocenters. The lowest BCUT2D eigenvalue weighted by Crippen LogP contribution is -2.27. The molecule has 0 aliphatic carbocycles. The Morgan fingerprint density at radius 1 is 1.16 bits per heavy atom. The van der Waals surface area contributed by atoms with Gasteiger partial charge in [-0.1, -0.05) is 44.5 Å². The van der Waals surface area contributed by atoms with Crippen LogP contribution in [0.4, 0.5) is 0 Å². The molecular weight excluding hydrogens is 234 g/mol. The summed E-state index contributed by atoms with van der Waals surface area (Å²) in [5.74, 6) is 0. The SMILES string of the molecule is CCCC(CC)NCc1ccc(-c2ccn[nH]2)cc1. The van der Waals surface area contributed by atoms with Crippen LogP contribution in [0.15, 0.2) is 36.5 Å². The van der Waals surface area contributed by atoms with Gasteiger partial charge in [0.1, 0.15) is 0 Å². The Morgan fingerprint density at radius 3 is 2.53 bits per heavy atom. The van der Waals surface area contributed by atoms with Crippen LogP contribution in [0.5, 0.6) is 0 Å². The third-order valence-corrected chi connectivity index (χ3v) is 3.49. The summed E-state index contributed by atoms with van der Waals surface area (Å²) >= 11 is 0. The zero-order valence-corrected chi connectivity index (χ0v) is 11.8. The third-order valence-electron chi connectivity index (χ3n) is 3.49. The molecule has 3 heteroatoms. The van der Waals surface area contributed by atoms with Crippen molar-refractivity contribution < 1.29 is 0 Å². The first-order chi connectivity index (χ1) is 9.33. The van der Waals surface area contributed by atoms with Crippen molar-refractivity contribution in [3.63, 3.8) is 0 Å². The van der Waals surface area contributed by atoms with Gasteiger partial charge in [0.15, 0.2) is 0 Å². The van der Waals surface area contributed by atoms with Crippen molar-refractivity contribution in [3.05, 3.63) is 42.1 Å². The Kier molecular flexibility index (Phi) is 5.16. The van der Waals surface area contributed by atoms with Gasteiger partial charge < -0.3 is 5.32 Å². The fourth-order valence-electron chi connectivity index (χ4n) is 2.28. The fraction of sp³-hybridized carbons (Fsp3) is 0.438. The largest absolute Gasteiger partial charge is 0.310 e. The molecule has 1 atom stereocenters. The van der Waals surface area contributed by atoms with Crippen molar-refractivity contribution in [2.24, 2.45) is 0 Å². The molecule has 0 aliphatic heterocycles. The molecule has 19 heavy (non-hydrogen) atoms. The van der Waals surface area contributed by atoms with E-state index in [-0.39, 0.29) is 0 Å². The Hall–Kier alpha value is -1.61. The smallest absolute Gasteiger partial charge is 0.0650 e. The van der Waals surface area contributed by atoms with Crippen molar-refractivity contribution in [1.82, 2.24) is 15.5 Å². The quantitative estimate of drug-likeness (QED) is 0.793. The molecule has 2 aromatic rings. The van der Waals surface area contributed by atoms with Gasteiger partial charge in [0.2, 0.25) is 0 Å². The summed E-state index contributed by atoms with van der Waals surface area (Å²) in [5, 5.41) is 10.6. The van der Waals surface area contributed by atoms with Crippen LogP contribution in [0, 0.1) is 0 Å². The number of benzene rings is 1. The van der Waals surface area contributed by atoms with Gasteiger partial charge in [-0.3, -0.25) is 5.10 Å². The summed E-state index contributed by atoms with van der Waals surface area (Å²) in [6.07, 6.45) is 5.47. The van der Waals surface area contributed by atoms with E-state index < -0.39 is 0 Å². The fourth-order valence-corrected chi connectivity index (χ4v) is 2.28. The van der Waals surface area contributed by atoms with Gasteiger partial charge in [-0.2, -0.15) is 5.10 Å². The molecule has 1 aromatic heterocycles. The highest BCUT2D eigenvalue weighted by Gasteiger charge is 2.04. The normalized spacial score (nSPS) is 12.5. The Balaban J connectivity index is 1.92. The van der Waals surface area contributed by atoms with E-state index in [1.165, 1.54) is 30.4 Å². The van der Waals surface area contributed by atoms with Crippen molar-refractivity contribution in [1.29, 1.82) is 0 Å². The Labute approximate surface area is 115 Å². The molecule has 0 saturated carbocycles. The molecule has 0 saturated heterocycles.